The minimum Gasteiger partial charge on any atom is -0.375 e. The standard InChI is InChI=1S/C18H18Cl2FN3O/c19-13-5-6-16(14(20)11-13)22-12-18(25)24-9-7-23(8-10-24)17-4-2-1-3-15(17)21/h1-6,11,22H,7-10,12H2. The van der Waals surface area contributed by atoms with E-state index in [1.807, 2.05) is 11.0 Å². The van der Waals surface area contributed by atoms with Crippen LogP contribution in [0.1, 0.15) is 0 Å². The Morgan fingerprint density at radius 1 is 1.08 bits per heavy atom. The van der Waals surface area contributed by atoms with Gasteiger partial charge in [-0.2, -0.15) is 0 Å². The van der Waals surface area contributed by atoms with Crippen LogP contribution in [0.4, 0.5) is 15.8 Å². The molecule has 1 N–H and O–H groups in total. The van der Waals surface area contributed by atoms with E-state index in [1.54, 1.807) is 35.2 Å². The fourth-order valence-corrected chi connectivity index (χ4v) is 3.30. The van der Waals surface area contributed by atoms with Crippen LogP contribution in [0.25, 0.3) is 0 Å². The Labute approximate surface area is 156 Å². The summed E-state index contributed by atoms with van der Waals surface area (Å²) in [6.45, 7) is 2.48. The van der Waals surface area contributed by atoms with Gasteiger partial charge in [0.1, 0.15) is 5.82 Å². The number of hydrogen-bond acceptors (Lipinski definition) is 3. The third-order valence-electron chi connectivity index (χ3n) is 4.19. The van der Waals surface area contributed by atoms with E-state index >= 15 is 0 Å². The van der Waals surface area contributed by atoms with Crippen molar-refractivity contribution in [1.29, 1.82) is 0 Å². The number of amides is 1. The van der Waals surface area contributed by atoms with E-state index in [9.17, 15) is 9.18 Å². The van der Waals surface area contributed by atoms with Crippen molar-refractivity contribution >= 4 is 40.5 Å². The first-order valence-corrected chi connectivity index (χ1v) is 8.76. The first-order valence-electron chi connectivity index (χ1n) is 8.01. The molecule has 25 heavy (non-hydrogen) atoms. The van der Waals surface area contributed by atoms with Crippen molar-refractivity contribution in [2.24, 2.45) is 0 Å². The maximum Gasteiger partial charge on any atom is 0.241 e. The van der Waals surface area contributed by atoms with Gasteiger partial charge in [-0.25, -0.2) is 4.39 Å². The van der Waals surface area contributed by atoms with Crippen LogP contribution in [-0.2, 0) is 4.79 Å². The molecule has 0 atom stereocenters. The monoisotopic (exact) mass is 381 g/mol. The summed E-state index contributed by atoms with van der Waals surface area (Å²) in [5, 5.41) is 4.06. The van der Waals surface area contributed by atoms with Crippen molar-refractivity contribution in [2.75, 3.05) is 42.9 Å². The zero-order valence-corrected chi connectivity index (χ0v) is 15.0. The van der Waals surface area contributed by atoms with E-state index in [0.29, 0.717) is 47.6 Å². The maximum atomic E-state index is 13.9. The number of rotatable bonds is 4. The van der Waals surface area contributed by atoms with Gasteiger partial charge in [0.05, 0.1) is 22.9 Å². The van der Waals surface area contributed by atoms with E-state index in [4.69, 9.17) is 23.2 Å². The third kappa shape index (κ3) is 4.35. The Bertz CT molecular complexity index is 764. The zero-order chi connectivity index (χ0) is 17.8. The van der Waals surface area contributed by atoms with Gasteiger partial charge in [0.2, 0.25) is 5.91 Å². The van der Waals surface area contributed by atoms with Crippen LogP contribution in [0.5, 0.6) is 0 Å². The highest BCUT2D eigenvalue weighted by Gasteiger charge is 2.22. The lowest BCUT2D eigenvalue weighted by molar-refractivity contribution is -0.129. The summed E-state index contributed by atoms with van der Waals surface area (Å²) >= 11 is 11.9. The second kappa shape index (κ2) is 7.93. The molecule has 3 rings (SSSR count). The van der Waals surface area contributed by atoms with E-state index in [2.05, 4.69) is 5.32 Å². The van der Waals surface area contributed by atoms with Gasteiger partial charge < -0.3 is 15.1 Å². The minimum atomic E-state index is -0.235. The number of halogens is 3. The summed E-state index contributed by atoms with van der Waals surface area (Å²) in [4.78, 5) is 16.1. The highest BCUT2D eigenvalue weighted by molar-refractivity contribution is 6.36. The average molecular weight is 382 g/mol. The van der Waals surface area contributed by atoms with Crippen LogP contribution in [0.3, 0.4) is 0 Å². The second-order valence-electron chi connectivity index (χ2n) is 5.80. The minimum absolute atomic E-state index is 0.0146. The molecule has 0 aliphatic carbocycles. The first kappa shape index (κ1) is 17.8. The molecule has 1 aliphatic rings. The van der Waals surface area contributed by atoms with Crippen molar-refractivity contribution in [3.8, 4) is 0 Å². The summed E-state index contributed by atoms with van der Waals surface area (Å²) in [7, 11) is 0. The van der Waals surface area contributed by atoms with Gasteiger partial charge in [0.15, 0.2) is 0 Å². The number of anilines is 2. The normalized spacial score (nSPS) is 14.5. The molecule has 0 saturated carbocycles. The fourth-order valence-electron chi connectivity index (χ4n) is 2.82. The SMILES string of the molecule is O=C(CNc1ccc(Cl)cc1Cl)N1CCN(c2ccccc2F)CC1. The van der Waals surface area contributed by atoms with Crippen LogP contribution in [-0.4, -0.2) is 43.5 Å². The van der Waals surface area contributed by atoms with Crippen LogP contribution in [0.2, 0.25) is 10.0 Å². The third-order valence-corrected chi connectivity index (χ3v) is 4.73. The molecule has 132 valence electrons. The lowest BCUT2D eigenvalue weighted by Gasteiger charge is -2.36. The summed E-state index contributed by atoms with van der Waals surface area (Å²) in [5.41, 5.74) is 1.25. The Hall–Kier alpha value is -1.98. The molecular formula is C18H18Cl2FN3O. The van der Waals surface area contributed by atoms with Gasteiger partial charge >= 0.3 is 0 Å². The van der Waals surface area contributed by atoms with Crippen molar-refractivity contribution < 1.29 is 9.18 Å². The average Bonchev–Trinajstić information content (AvgIpc) is 2.61. The van der Waals surface area contributed by atoms with E-state index in [1.165, 1.54) is 6.07 Å². The Balaban J connectivity index is 1.52. The Morgan fingerprint density at radius 2 is 1.80 bits per heavy atom. The molecule has 1 fully saturated rings. The predicted octanol–water partition coefficient (Wildman–Crippen LogP) is 3.89. The number of carbonyl (C=O) groups excluding carboxylic acids is 1. The van der Waals surface area contributed by atoms with E-state index in [0.717, 1.165) is 0 Å². The number of nitrogens with zero attached hydrogens (tertiary/aromatic N) is 2. The second-order valence-corrected chi connectivity index (χ2v) is 6.64. The molecular weight excluding hydrogens is 364 g/mol. The van der Waals surface area contributed by atoms with Crippen LogP contribution in [0.15, 0.2) is 42.5 Å². The number of nitrogens with one attached hydrogen (secondary N) is 1. The molecule has 2 aromatic carbocycles. The highest BCUT2D eigenvalue weighted by atomic mass is 35.5. The summed E-state index contributed by atoms with van der Waals surface area (Å²) < 4.78 is 13.9. The first-order chi connectivity index (χ1) is 12.0. The van der Waals surface area contributed by atoms with Crippen molar-refractivity contribution in [3.05, 3.63) is 58.3 Å². The molecule has 2 aromatic rings. The van der Waals surface area contributed by atoms with Gasteiger partial charge in [0.25, 0.3) is 0 Å². The lowest BCUT2D eigenvalue weighted by Crippen LogP contribution is -2.50. The van der Waals surface area contributed by atoms with Gasteiger partial charge in [-0.05, 0) is 30.3 Å². The topological polar surface area (TPSA) is 35.6 Å². The van der Waals surface area contributed by atoms with Gasteiger partial charge in [-0.1, -0.05) is 35.3 Å². The van der Waals surface area contributed by atoms with E-state index < -0.39 is 0 Å². The van der Waals surface area contributed by atoms with Gasteiger partial charge in [0, 0.05) is 31.2 Å². The smallest absolute Gasteiger partial charge is 0.241 e. The van der Waals surface area contributed by atoms with Crippen molar-refractivity contribution in [1.82, 2.24) is 4.90 Å². The highest BCUT2D eigenvalue weighted by Crippen LogP contribution is 2.25. The number of para-hydroxylation sites is 1. The molecule has 0 unspecified atom stereocenters. The molecule has 0 radical (unpaired) electrons. The fraction of sp³-hybridized carbons (Fsp3) is 0.278. The molecule has 4 nitrogen and oxygen atoms in total. The number of carbonyl (C=O) groups is 1. The molecule has 0 bridgehead atoms. The maximum absolute atomic E-state index is 13.9. The van der Waals surface area contributed by atoms with Crippen LogP contribution < -0.4 is 10.2 Å². The quantitative estimate of drug-likeness (QED) is 0.872. The van der Waals surface area contributed by atoms with Crippen molar-refractivity contribution in [2.45, 2.75) is 0 Å². The number of hydrogen-bond donors (Lipinski definition) is 1. The Morgan fingerprint density at radius 3 is 2.48 bits per heavy atom. The Kier molecular flexibility index (Phi) is 5.66. The summed E-state index contributed by atoms with van der Waals surface area (Å²) in [5.74, 6) is -0.250. The number of benzene rings is 2. The predicted molar refractivity (Wildman–Crippen MR) is 100 cm³/mol. The summed E-state index contributed by atoms with van der Waals surface area (Å²) in [6, 6.07) is 11.8. The van der Waals surface area contributed by atoms with E-state index in [-0.39, 0.29) is 18.3 Å². The molecule has 0 aromatic heterocycles. The lowest BCUT2D eigenvalue weighted by atomic mass is 10.2. The van der Waals surface area contributed by atoms with Gasteiger partial charge in [-0.3, -0.25) is 4.79 Å². The van der Waals surface area contributed by atoms with Crippen LogP contribution in [0, 0.1) is 5.82 Å². The van der Waals surface area contributed by atoms with Crippen molar-refractivity contribution in [3.63, 3.8) is 0 Å². The molecule has 1 saturated heterocycles. The molecule has 1 heterocycles. The molecule has 1 amide bonds. The molecule has 0 spiro atoms. The summed E-state index contributed by atoms with van der Waals surface area (Å²) in [6.07, 6.45) is 0. The number of piperazine rings is 1. The molecule has 7 heteroatoms. The largest absolute Gasteiger partial charge is 0.375 e. The molecule has 1 aliphatic heterocycles. The zero-order valence-electron chi connectivity index (χ0n) is 13.5. The van der Waals surface area contributed by atoms with Crippen LogP contribution >= 0.6 is 23.2 Å². The van der Waals surface area contributed by atoms with Gasteiger partial charge in [-0.15, -0.1) is 0 Å².